The number of aromatic nitrogens is 4. The van der Waals surface area contributed by atoms with E-state index < -0.39 is 6.67 Å². The van der Waals surface area contributed by atoms with Crippen molar-refractivity contribution in [2.45, 2.75) is 17.8 Å². The van der Waals surface area contributed by atoms with Gasteiger partial charge in [-0.05, 0) is 25.1 Å². The normalized spacial score (nSPS) is 10.8. The first-order valence-corrected chi connectivity index (χ1v) is 10.3. The third-order valence-corrected chi connectivity index (χ3v) is 5.20. The van der Waals surface area contributed by atoms with E-state index in [-0.39, 0.29) is 18.5 Å². The summed E-state index contributed by atoms with van der Waals surface area (Å²) in [5.41, 5.74) is 12.9. The lowest BCUT2D eigenvalue weighted by molar-refractivity contribution is 0.251. The number of nitrogen functional groups attached to an aromatic ring is 2. The molecular weight excluding hydrogens is 403 g/mol. The standard InChI is InChI=1S/C17H19FN6O2S2/c1-2-25-13-7-10(3-4-12(13)26-6-5-18)14-21-11(8-27-14)9-28-17-23-15(19)22-16(20)24-17/h3-4,7-8H,2,5-6,9H2,1H3,(H4,19,20,22,23,24). The molecule has 0 fully saturated rings. The first-order chi connectivity index (χ1) is 13.6. The molecule has 28 heavy (non-hydrogen) atoms. The summed E-state index contributed by atoms with van der Waals surface area (Å²) in [7, 11) is 0. The van der Waals surface area contributed by atoms with E-state index in [0.29, 0.717) is 29.0 Å². The molecule has 0 aliphatic carbocycles. The number of hydrogen-bond acceptors (Lipinski definition) is 10. The largest absolute Gasteiger partial charge is 0.490 e. The molecule has 0 unspecified atom stereocenters. The third-order valence-electron chi connectivity index (χ3n) is 3.38. The van der Waals surface area contributed by atoms with E-state index >= 15 is 0 Å². The van der Waals surface area contributed by atoms with Crippen LogP contribution < -0.4 is 20.9 Å². The lowest BCUT2D eigenvalue weighted by atomic mass is 10.2. The lowest BCUT2D eigenvalue weighted by Crippen LogP contribution is -2.03. The minimum absolute atomic E-state index is 0.00977. The number of ether oxygens (including phenoxy) is 2. The van der Waals surface area contributed by atoms with Gasteiger partial charge in [0, 0.05) is 16.7 Å². The Morgan fingerprint density at radius 1 is 1.07 bits per heavy atom. The van der Waals surface area contributed by atoms with Crippen molar-refractivity contribution in [2.75, 3.05) is 31.4 Å². The van der Waals surface area contributed by atoms with Gasteiger partial charge in [0.1, 0.15) is 18.3 Å². The Hall–Kier alpha value is -2.66. The molecule has 0 aliphatic heterocycles. The van der Waals surface area contributed by atoms with Gasteiger partial charge in [-0.15, -0.1) is 11.3 Å². The van der Waals surface area contributed by atoms with Crippen molar-refractivity contribution in [3.8, 4) is 22.1 Å². The molecule has 0 amide bonds. The zero-order chi connectivity index (χ0) is 19.9. The van der Waals surface area contributed by atoms with Gasteiger partial charge in [-0.2, -0.15) is 15.0 Å². The summed E-state index contributed by atoms with van der Waals surface area (Å²) in [6.45, 7) is 1.79. The van der Waals surface area contributed by atoms with Crippen molar-refractivity contribution in [3.63, 3.8) is 0 Å². The molecule has 148 valence electrons. The molecule has 8 nitrogen and oxygen atoms in total. The number of hydrogen-bond donors (Lipinski definition) is 2. The monoisotopic (exact) mass is 422 g/mol. The second kappa shape index (κ2) is 9.51. The predicted octanol–water partition coefficient (Wildman–Crippen LogP) is 3.20. The van der Waals surface area contributed by atoms with Crippen LogP contribution >= 0.6 is 23.1 Å². The highest BCUT2D eigenvalue weighted by Gasteiger charge is 2.12. The predicted molar refractivity (Wildman–Crippen MR) is 108 cm³/mol. The molecule has 0 radical (unpaired) electrons. The van der Waals surface area contributed by atoms with E-state index in [9.17, 15) is 4.39 Å². The molecule has 0 saturated heterocycles. The fraction of sp³-hybridized carbons (Fsp3) is 0.294. The van der Waals surface area contributed by atoms with Gasteiger partial charge >= 0.3 is 0 Å². The smallest absolute Gasteiger partial charge is 0.225 e. The molecule has 11 heteroatoms. The van der Waals surface area contributed by atoms with Gasteiger partial charge in [0.25, 0.3) is 0 Å². The molecule has 1 aromatic carbocycles. The van der Waals surface area contributed by atoms with Crippen LogP contribution in [0.15, 0.2) is 28.7 Å². The Labute approximate surface area is 169 Å². The van der Waals surface area contributed by atoms with Crippen molar-refractivity contribution in [3.05, 3.63) is 29.3 Å². The van der Waals surface area contributed by atoms with Gasteiger partial charge in [0.15, 0.2) is 16.7 Å². The second-order valence-electron chi connectivity index (χ2n) is 5.40. The average Bonchev–Trinajstić information content (AvgIpc) is 3.14. The van der Waals surface area contributed by atoms with E-state index in [1.54, 1.807) is 6.07 Å². The van der Waals surface area contributed by atoms with Gasteiger partial charge in [0.05, 0.1) is 12.3 Å². The van der Waals surface area contributed by atoms with E-state index in [1.165, 1.54) is 23.1 Å². The van der Waals surface area contributed by atoms with Gasteiger partial charge in [-0.1, -0.05) is 11.8 Å². The summed E-state index contributed by atoms with van der Waals surface area (Å²) >= 11 is 2.89. The molecule has 0 aliphatic rings. The topological polar surface area (TPSA) is 122 Å². The fourth-order valence-electron chi connectivity index (χ4n) is 2.27. The minimum Gasteiger partial charge on any atom is -0.490 e. The highest BCUT2D eigenvalue weighted by molar-refractivity contribution is 7.98. The Bertz CT molecular complexity index is 920. The van der Waals surface area contributed by atoms with E-state index in [4.69, 9.17) is 20.9 Å². The zero-order valence-corrected chi connectivity index (χ0v) is 16.7. The molecule has 0 saturated carbocycles. The van der Waals surface area contributed by atoms with Crippen molar-refractivity contribution in [1.29, 1.82) is 0 Å². The number of benzene rings is 1. The van der Waals surface area contributed by atoms with Crippen LogP contribution in [0.4, 0.5) is 16.3 Å². The van der Waals surface area contributed by atoms with Crippen LogP contribution in [-0.4, -0.2) is 39.8 Å². The summed E-state index contributed by atoms with van der Waals surface area (Å²) in [6, 6.07) is 5.49. The Morgan fingerprint density at radius 2 is 1.86 bits per heavy atom. The van der Waals surface area contributed by atoms with E-state index in [1.807, 2.05) is 24.4 Å². The van der Waals surface area contributed by atoms with E-state index in [2.05, 4.69) is 19.9 Å². The quantitative estimate of drug-likeness (QED) is 0.500. The Balaban J connectivity index is 1.72. The number of halogens is 1. The van der Waals surface area contributed by atoms with Crippen LogP contribution in [0.5, 0.6) is 11.5 Å². The number of nitrogens with two attached hydrogens (primary N) is 2. The summed E-state index contributed by atoms with van der Waals surface area (Å²) < 4.78 is 23.4. The summed E-state index contributed by atoms with van der Waals surface area (Å²) in [5.74, 6) is 1.83. The van der Waals surface area contributed by atoms with Crippen LogP contribution in [0, 0.1) is 0 Å². The minimum atomic E-state index is -0.556. The number of rotatable bonds is 9. The Morgan fingerprint density at radius 3 is 2.57 bits per heavy atom. The summed E-state index contributed by atoms with van der Waals surface area (Å²) in [6.07, 6.45) is 0. The molecule has 4 N–H and O–H groups in total. The maximum absolute atomic E-state index is 12.4. The van der Waals surface area contributed by atoms with Gasteiger partial charge in [0.2, 0.25) is 11.9 Å². The summed E-state index contributed by atoms with van der Waals surface area (Å²) in [5, 5.41) is 3.25. The second-order valence-corrected chi connectivity index (χ2v) is 7.20. The maximum atomic E-state index is 12.4. The first kappa shape index (κ1) is 20.1. The van der Waals surface area contributed by atoms with Crippen LogP contribution in [0.25, 0.3) is 10.6 Å². The molecule has 2 aromatic heterocycles. The number of anilines is 2. The SMILES string of the molecule is CCOc1cc(-c2nc(CSc3nc(N)nc(N)n3)cs2)ccc1OCCF. The van der Waals surface area contributed by atoms with Crippen LogP contribution in [0.1, 0.15) is 12.6 Å². The first-order valence-electron chi connectivity index (χ1n) is 8.39. The number of thioether (sulfide) groups is 1. The highest BCUT2D eigenvalue weighted by atomic mass is 32.2. The van der Waals surface area contributed by atoms with Gasteiger partial charge in [-0.25, -0.2) is 9.37 Å². The average molecular weight is 423 g/mol. The fourth-order valence-corrected chi connectivity index (χ4v) is 3.94. The highest BCUT2D eigenvalue weighted by Crippen LogP contribution is 2.34. The van der Waals surface area contributed by atoms with Gasteiger partial charge < -0.3 is 20.9 Å². The number of alkyl halides is 1. The van der Waals surface area contributed by atoms with Gasteiger partial charge in [-0.3, -0.25) is 0 Å². The van der Waals surface area contributed by atoms with Crippen LogP contribution in [0.2, 0.25) is 0 Å². The molecule has 3 aromatic rings. The molecule has 2 heterocycles. The zero-order valence-electron chi connectivity index (χ0n) is 15.1. The number of thiazole rings is 1. The van der Waals surface area contributed by atoms with Crippen molar-refractivity contribution < 1.29 is 13.9 Å². The Kier molecular flexibility index (Phi) is 6.82. The molecule has 0 atom stereocenters. The van der Waals surface area contributed by atoms with E-state index in [0.717, 1.165) is 16.3 Å². The molecule has 0 spiro atoms. The third kappa shape index (κ3) is 5.20. The van der Waals surface area contributed by atoms with Crippen molar-refractivity contribution in [1.82, 2.24) is 19.9 Å². The lowest BCUT2D eigenvalue weighted by Gasteiger charge is -2.11. The molecular formula is C17H19FN6O2S2. The summed E-state index contributed by atoms with van der Waals surface area (Å²) in [4.78, 5) is 16.5. The van der Waals surface area contributed by atoms with Crippen LogP contribution in [0.3, 0.4) is 0 Å². The van der Waals surface area contributed by atoms with Crippen molar-refractivity contribution in [2.24, 2.45) is 0 Å². The molecule has 0 bridgehead atoms. The van der Waals surface area contributed by atoms with Crippen molar-refractivity contribution >= 4 is 35.0 Å². The maximum Gasteiger partial charge on any atom is 0.225 e. The molecule has 3 rings (SSSR count). The number of nitrogens with zero attached hydrogens (tertiary/aromatic N) is 4. The van der Waals surface area contributed by atoms with Crippen LogP contribution in [-0.2, 0) is 5.75 Å².